The Bertz CT molecular complexity index is 398. The lowest BCUT2D eigenvalue weighted by Gasteiger charge is -2.12. The summed E-state index contributed by atoms with van der Waals surface area (Å²) < 4.78 is 34.0. The Balaban J connectivity index is 2.16. The first-order valence-electron chi connectivity index (χ1n) is 4.87. The molecule has 0 amide bonds. The van der Waals surface area contributed by atoms with E-state index in [4.69, 9.17) is 5.73 Å². The molecule has 0 aliphatic carbocycles. The van der Waals surface area contributed by atoms with Gasteiger partial charge in [-0.2, -0.15) is 0 Å². The molecule has 4 nitrogen and oxygen atoms in total. The largest absolute Gasteiger partial charge is 0.586 e. The molecule has 3 N–H and O–H groups in total. The molecule has 0 aromatic heterocycles. The van der Waals surface area contributed by atoms with Crippen LogP contribution in [0.2, 0.25) is 0 Å². The number of nitrogens with one attached hydrogen (secondary N) is 1. The van der Waals surface area contributed by atoms with Gasteiger partial charge in [-0.1, -0.05) is 0 Å². The fourth-order valence-electron chi connectivity index (χ4n) is 1.38. The first-order valence-corrected chi connectivity index (χ1v) is 4.87. The third-order valence-electron chi connectivity index (χ3n) is 2.17. The molecule has 1 aliphatic rings. The molecule has 1 atom stereocenters. The van der Waals surface area contributed by atoms with Crippen molar-refractivity contribution >= 4 is 5.69 Å². The predicted octanol–water partition coefficient (Wildman–Crippen LogP) is 1.77. The minimum atomic E-state index is -3.57. The van der Waals surface area contributed by atoms with Crippen molar-refractivity contribution in [2.75, 3.05) is 11.9 Å². The van der Waals surface area contributed by atoms with Crippen molar-refractivity contribution in [1.82, 2.24) is 0 Å². The van der Waals surface area contributed by atoms with E-state index in [1.807, 2.05) is 6.92 Å². The minimum absolute atomic E-state index is 0.0271. The summed E-state index contributed by atoms with van der Waals surface area (Å²) in [6.45, 7) is 2.34. The van der Waals surface area contributed by atoms with Gasteiger partial charge in [0.15, 0.2) is 11.5 Å². The van der Waals surface area contributed by atoms with Crippen molar-refractivity contribution < 1.29 is 18.3 Å². The van der Waals surface area contributed by atoms with Crippen LogP contribution >= 0.6 is 0 Å². The molecule has 6 heteroatoms. The van der Waals surface area contributed by atoms with Gasteiger partial charge in [0.2, 0.25) is 0 Å². The van der Waals surface area contributed by atoms with Crippen LogP contribution in [-0.2, 0) is 0 Å². The van der Waals surface area contributed by atoms with E-state index < -0.39 is 6.29 Å². The third kappa shape index (κ3) is 2.16. The van der Waals surface area contributed by atoms with Crippen molar-refractivity contribution in [1.29, 1.82) is 0 Å². The van der Waals surface area contributed by atoms with Gasteiger partial charge < -0.3 is 20.5 Å². The summed E-state index contributed by atoms with van der Waals surface area (Å²) in [7, 11) is 0. The molecule has 1 aliphatic heterocycles. The number of rotatable bonds is 3. The van der Waals surface area contributed by atoms with Gasteiger partial charge in [0, 0.05) is 24.3 Å². The standard InChI is InChI=1S/C10H12F2N2O2/c1-6(5-13)14-7-2-3-8-9(4-7)16-10(11,12)15-8/h2-4,6,14H,5,13H2,1H3. The summed E-state index contributed by atoms with van der Waals surface area (Å²) in [5, 5.41) is 3.04. The van der Waals surface area contributed by atoms with Gasteiger partial charge in [-0.25, -0.2) is 0 Å². The first-order chi connectivity index (χ1) is 7.50. The Kier molecular flexibility index (Phi) is 2.59. The van der Waals surface area contributed by atoms with E-state index in [1.165, 1.54) is 12.1 Å². The summed E-state index contributed by atoms with van der Waals surface area (Å²) >= 11 is 0. The van der Waals surface area contributed by atoms with Crippen LogP contribution in [0.5, 0.6) is 11.5 Å². The van der Waals surface area contributed by atoms with Gasteiger partial charge in [0.1, 0.15) is 0 Å². The Hall–Kier alpha value is -1.56. The highest BCUT2D eigenvalue weighted by molar-refractivity contribution is 5.56. The summed E-state index contributed by atoms with van der Waals surface area (Å²) in [6, 6.07) is 4.58. The Morgan fingerprint density at radius 2 is 2.06 bits per heavy atom. The number of hydrogen-bond acceptors (Lipinski definition) is 4. The SMILES string of the molecule is CC(CN)Nc1ccc2c(c1)OC(F)(F)O2. The lowest BCUT2D eigenvalue weighted by molar-refractivity contribution is -0.286. The lowest BCUT2D eigenvalue weighted by Crippen LogP contribution is -2.26. The van der Waals surface area contributed by atoms with Crippen LogP contribution in [0.3, 0.4) is 0 Å². The number of ether oxygens (including phenoxy) is 2. The monoisotopic (exact) mass is 230 g/mol. The van der Waals surface area contributed by atoms with Crippen LogP contribution in [0.1, 0.15) is 6.92 Å². The molecule has 1 heterocycles. The number of benzene rings is 1. The normalized spacial score (nSPS) is 18.2. The molecule has 1 aromatic rings. The molecule has 1 unspecified atom stereocenters. The van der Waals surface area contributed by atoms with Crippen LogP contribution in [0.15, 0.2) is 18.2 Å². The van der Waals surface area contributed by atoms with E-state index in [1.54, 1.807) is 6.07 Å². The summed E-state index contributed by atoms with van der Waals surface area (Å²) in [5.41, 5.74) is 6.10. The van der Waals surface area contributed by atoms with E-state index in [-0.39, 0.29) is 17.5 Å². The maximum absolute atomic E-state index is 12.7. The van der Waals surface area contributed by atoms with Crippen molar-refractivity contribution in [2.24, 2.45) is 5.73 Å². The summed E-state index contributed by atoms with van der Waals surface area (Å²) in [4.78, 5) is 0. The van der Waals surface area contributed by atoms with Crippen LogP contribution < -0.4 is 20.5 Å². The van der Waals surface area contributed by atoms with Crippen LogP contribution in [0.4, 0.5) is 14.5 Å². The quantitative estimate of drug-likeness (QED) is 0.830. The van der Waals surface area contributed by atoms with E-state index >= 15 is 0 Å². The molecule has 1 aromatic carbocycles. The van der Waals surface area contributed by atoms with Crippen molar-refractivity contribution in [3.8, 4) is 11.5 Å². The fourth-order valence-corrected chi connectivity index (χ4v) is 1.38. The molecule has 0 radical (unpaired) electrons. The van der Waals surface area contributed by atoms with E-state index in [0.717, 1.165) is 0 Å². The molecule has 16 heavy (non-hydrogen) atoms. The lowest BCUT2D eigenvalue weighted by atomic mass is 10.2. The molecule has 0 saturated carbocycles. The maximum Gasteiger partial charge on any atom is 0.586 e. The average molecular weight is 230 g/mol. The molecular weight excluding hydrogens is 218 g/mol. The number of alkyl halides is 2. The zero-order chi connectivity index (χ0) is 11.8. The number of halogens is 2. The van der Waals surface area contributed by atoms with Gasteiger partial charge in [-0.05, 0) is 19.1 Å². The topological polar surface area (TPSA) is 56.5 Å². The Labute approximate surface area is 91.3 Å². The summed E-state index contributed by atoms with van der Waals surface area (Å²) in [6.07, 6.45) is -3.57. The molecule has 0 spiro atoms. The second-order valence-electron chi connectivity index (χ2n) is 3.61. The average Bonchev–Trinajstić information content (AvgIpc) is 2.51. The molecule has 2 rings (SSSR count). The second kappa shape index (κ2) is 3.79. The highest BCUT2D eigenvalue weighted by Gasteiger charge is 2.43. The highest BCUT2D eigenvalue weighted by atomic mass is 19.3. The minimum Gasteiger partial charge on any atom is -0.395 e. The van der Waals surface area contributed by atoms with E-state index in [0.29, 0.717) is 12.2 Å². The Morgan fingerprint density at radius 1 is 1.38 bits per heavy atom. The zero-order valence-electron chi connectivity index (χ0n) is 8.67. The van der Waals surface area contributed by atoms with Crippen LogP contribution in [0.25, 0.3) is 0 Å². The Morgan fingerprint density at radius 3 is 2.75 bits per heavy atom. The number of anilines is 1. The number of nitrogens with two attached hydrogens (primary N) is 1. The molecular formula is C10H12F2N2O2. The van der Waals surface area contributed by atoms with Crippen LogP contribution in [-0.4, -0.2) is 18.9 Å². The zero-order valence-corrected chi connectivity index (χ0v) is 8.67. The maximum atomic E-state index is 12.7. The van der Waals surface area contributed by atoms with Gasteiger partial charge in [0.25, 0.3) is 0 Å². The second-order valence-corrected chi connectivity index (χ2v) is 3.61. The van der Waals surface area contributed by atoms with Gasteiger partial charge in [0.05, 0.1) is 0 Å². The van der Waals surface area contributed by atoms with Crippen molar-refractivity contribution in [3.63, 3.8) is 0 Å². The van der Waals surface area contributed by atoms with Gasteiger partial charge in [-0.15, -0.1) is 8.78 Å². The highest BCUT2D eigenvalue weighted by Crippen LogP contribution is 2.42. The first kappa shape index (κ1) is 10.9. The van der Waals surface area contributed by atoms with E-state index in [9.17, 15) is 8.78 Å². The smallest absolute Gasteiger partial charge is 0.395 e. The number of fused-ring (bicyclic) bond motifs is 1. The van der Waals surface area contributed by atoms with Gasteiger partial charge >= 0.3 is 6.29 Å². The van der Waals surface area contributed by atoms with E-state index in [2.05, 4.69) is 14.8 Å². The third-order valence-corrected chi connectivity index (χ3v) is 2.17. The predicted molar refractivity (Wildman–Crippen MR) is 54.8 cm³/mol. The number of hydrogen-bond donors (Lipinski definition) is 2. The summed E-state index contributed by atoms with van der Waals surface area (Å²) in [5.74, 6) is 0.0650. The molecule has 0 bridgehead atoms. The van der Waals surface area contributed by atoms with Crippen molar-refractivity contribution in [3.05, 3.63) is 18.2 Å². The molecule has 0 fully saturated rings. The van der Waals surface area contributed by atoms with Crippen molar-refractivity contribution in [2.45, 2.75) is 19.3 Å². The molecule has 88 valence electrons. The fraction of sp³-hybridized carbons (Fsp3) is 0.400. The molecule has 0 saturated heterocycles. The van der Waals surface area contributed by atoms with Crippen LogP contribution in [0, 0.1) is 0 Å². The van der Waals surface area contributed by atoms with Gasteiger partial charge in [-0.3, -0.25) is 0 Å².